The maximum Gasteiger partial charge on any atom is 0.0859 e. The van der Waals surface area contributed by atoms with Crippen molar-refractivity contribution in [1.29, 1.82) is 0 Å². The first-order valence-electron chi connectivity index (χ1n) is 3.38. The minimum absolute atomic E-state index is 0.178. The molecular weight excluding hydrogens is 145 g/mol. The van der Waals surface area contributed by atoms with Crippen LogP contribution in [0.4, 0.5) is 0 Å². The molecule has 0 aliphatic heterocycles. The zero-order valence-corrected chi connectivity index (χ0v) is 7.16. The number of hydrogen-bond acceptors (Lipinski definition) is 3. The average molecular weight is 159 g/mol. The SMILES string of the molecule is [B]CN[C@H](CO)CCSC. The number of aliphatic hydroxyl groups excluding tert-OH is 1. The first kappa shape index (κ1) is 10.3. The first-order valence-corrected chi connectivity index (χ1v) is 4.77. The minimum Gasteiger partial charge on any atom is -0.395 e. The lowest BCUT2D eigenvalue weighted by molar-refractivity contribution is 0.245. The zero-order valence-electron chi connectivity index (χ0n) is 6.34. The van der Waals surface area contributed by atoms with Crippen LogP contribution in [-0.4, -0.2) is 44.1 Å². The van der Waals surface area contributed by atoms with Crippen molar-refractivity contribution >= 4 is 19.6 Å². The van der Waals surface area contributed by atoms with Crippen LogP contribution in [0.5, 0.6) is 0 Å². The van der Waals surface area contributed by atoms with Gasteiger partial charge < -0.3 is 10.4 Å². The van der Waals surface area contributed by atoms with E-state index in [4.69, 9.17) is 13.0 Å². The smallest absolute Gasteiger partial charge is 0.0859 e. The quantitative estimate of drug-likeness (QED) is 0.527. The van der Waals surface area contributed by atoms with Gasteiger partial charge in [-0.25, -0.2) is 0 Å². The van der Waals surface area contributed by atoms with Crippen LogP contribution in [0.25, 0.3) is 0 Å². The molecule has 0 aliphatic rings. The summed E-state index contributed by atoms with van der Waals surface area (Å²) in [5.41, 5.74) is 0. The van der Waals surface area contributed by atoms with E-state index in [0.717, 1.165) is 12.2 Å². The van der Waals surface area contributed by atoms with Crippen molar-refractivity contribution in [1.82, 2.24) is 5.32 Å². The fourth-order valence-corrected chi connectivity index (χ4v) is 1.20. The molecule has 0 amide bonds. The van der Waals surface area contributed by atoms with Gasteiger partial charge >= 0.3 is 0 Å². The second kappa shape index (κ2) is 7.44. The number of aliphatic hydroxyl groups is 1. The Morgan fingerprint density at radius 1 is 1.70 bits per heavy atom. The molecule has 2 radical (unpaired) electrons. The van der Waals surface area contributed by atoms with Crippen molar-refractivity contribution < 1.29 is 5.11 Å². The molecule has 2 N–H and O–H groups in total. The van der Waals surface area contributed by atoms with E-state index in [1.807, 2.05) is 0 Å². The highest BCUT2D eigenvalue weighted by Gasteiger charge is 2.02. The summed E-state index contributed by atoms with van der Waals surface area (Å²) in [5.74, 6) is 1.07. The van der Waals surface area contributed by atoms with Gasteiger partial charge in [-0.2, -0.15) is 11.8 Å². The summed E-state index contributed by atoms with van der Waals surface area (Å²) < 4.78 is 0. The fourth-order valence-electron chi connectivity index (χ4n) is 0.685. The van der Waals surface area contributed by atoms with Crippen molar-refractivity contribution in [2.24, 2.45) is 0 Å². The molecule has 0 aromatic carbocycles. The molecule has 0 saturated heterocycles. The summed E-state index contributed by atoms with van der Waals surface area (Å²) in [5, 5.41) is 11.7. The molecule has 0 aromatic heterocycles. The first-order chi connectivity index (χ1) is 4.85. The highest BCUT2D eigenvalue weighted by molar-refractivity contribution is 7.98. The van der Waals surface area contributed by atoms with E-state index >= 15 is 0 Å². The van der Waals surface area contributed by atoms with E-state index in [-0.39, 0.29) is 12.6 Å². The molecule has 0 heterocycles. The summed E-state index contributed by atoms with van der Waals surface area (Å²) in [6, 6.07) is 0.178. The van der Waals surface area contributed by atoms with Crippen LogP contribution in [0.15, 0.2) is 0 Å². The molecule has 0 aliphatic carbocycles. The van der Waals surface area contributed by atoms with Gasteiger partial charge in [0.25, 0.3) is 0 Å². The molecule has 0 unspecified atom stereocenters. The molecule has 10 heavy (non-hydrogen) atoms. The Hall–Kier alpha value is 0.335. The van der Waals surface area contributed by atoms with Gasteiger partial charge in [0.1, 0.15) is 0 Å². The Balaban J connectivity index is 3.21. The van der Waals surface area contributed by atoms with Gasteiger partial charge in [-0.1, -0.05) is 0 Å². The summed E-state index contributed by atoms with van der Waals surface area (Å²) in [7, 11) is 5.25. The Bertz CT molecular complexity index is 74.8. The Morgan fingerprint density at radius 2 is 2.40 bits per heavy atom. The van der Waals surface area contributed by atoms with E-state index < -0.39 is 0 Å². The Kier molecular flexibility index (Phi) is 7.69. The third kappa shape index (κ3) is 5.15. The summed E-state index contributed by atoms with van der Waals surface area (Å²) in [4.78, 5) is 0. The molecular formula is C6H14BNOS. The second-order valence-corrected chi connectivity index (χ2v) is 3.05. The molecule has 2 nitrogen and oxygen atoms in total. The van der Waals surface area contributed by atoms with Gasteiger partial charge in [-0.05, 0) is 24.9 Å². The van der Waals surface area contributed by atoms with Gasteiger partial charge in [0, 0.05) is 6.04 Å². The van der Waals surface area contributed by atoms with E-state index in [2.05, 4.69) is 11.6 Å². The molecule has 0 bridgehead atoms. The third-order valence-corrected chi connectivity index (χ3v) is 1.94. The maximum absolute atomic E-state index is 8.76. The fraction of sp³-hybridized carbons (Fsp3) is 1.00. The number of nitrogens with one attached hydrogen (secondary N) is 1. The largest absolute Gasteiger partial charge is 0.395 e. The van der Waals surface area contributed by atoms with Crippen LogP contribution in [0, 0.1) is 0 Å². The molecule has 1 atom stereocenters. The molecule has 0 fully saturated rings. The predicted octanol–water partition coefficient (Wildman–Crippen LogP) is -0.184. The second-order valence-electron chi connectivity index (χ2n) is 2.07. The monoisotopic (exact) mass is 159 g/mol. The van der Waals surface area contributed by atoms with Crippen molar-refractivity contribution in [3.8, 4) is 0 Å². The normalized spacial score (nSPS) is 13.4. The van der Waals surface area contributed by atoms with Crippen LogP contribution in [0.1, 0.15) is 6.42 Å². The van der Waals surface area contributed by atoms with E-state index in [9.17, 15) is 0 Å². The van der Waals surface area contributed by atoms with Crippen molar-refractivity contribution in [3.05, 3.63) is 0 Å². The van der Waals surface area contributed by atoms with Crippen LogP contribution in [0.3, 0.4) is 0 Å². The lowest BCUT2D eigenvalue weighted by Gasteiger charge is -2.13. The van der Waals surface area contributed by atoms with E-state index in [1.165, 1.54) is 0 Å². The Morgan fingerprint density at radius 3 is 2.80 bits per heavy atom. The van der Waals surface area contributed by atoms with E-state index in [0.29, 0.717) is 6.44 Å². The van der Waals surface area contributed by atoms with Crippen LogP contribution >= 0.6 is 11.8 Å². The lowest BCUT2D eigenvalue weighted by Crippen LogP contribution is -2.33. The maximum atomic E-state index is 8.76. The van der Waals surface area contributed by atoms with Crippen LogP contribution in [0.2, 0.25) is 0 Å². The van der Waals surface area contributed by atoms with Crippen LogP contribution < -0.4 is 5.32 Å². The molecule has 58 valence electrons. The Labute approximate surface area is 68.2 Å². The number of thioether (sulfide) groups is 1. The van der Waals surface area contributed by atoms with Crippen molar-refractivity contribution in [3.63, 3.8) is 0 Å². The van der Waals surface area contributed by atoms with Gasteiger partial charge in [-0.15, -0.1) is 0 Å². The van der Waals surface area contributed by atoms with Gasteiger partial charge in [-0.3, -0.25) is 0 Å². The topological polar surface area (TPSA) is 32.3 Å². The average Bonchev–Trinajstić information content (AvgIpc) is 1.98. The van der Waals surface area contributed by atoms with E-state index in [1.54, 1.807) is 11.8 Å². The molecule has 4 heteroatoms. The highest BCUT2D eigenvalue weighted by Crippen LogP contribution is 1.99. The number of hydrogen-bond donors (Lipinski definition) is 2. The molecule has 0 spiro atoms. The molecule has 0 saturated carbocycles. The minimum atomic E-state index is 0.178. The summed E-state index contributed by atoms with van der Waals surface area (Å²) in [6.07, 6.45) is 3.48. The van der Waals surface area contributed by atoms with Gasteiger partial charge in [0.05, 0.1) is 14.5 Å². The zero-order chi connectivity index (χ0) is 7.82. The highest BCUT2D eigenvalue weighted by atomic mass is 32.2. The summed E-state index contributed by atoms with van der Waals surface area (Å²) in [6.45, 7) is 0.178. The lowest BCUT2D eigenvalue weighted by atomic mass is 10.1. The van der Waals surface area contributed by atoms with Crippen molar-refractivity contribution in [2.45, 2.75) is 12.5 Å². The van der Waals surface area contributed by atoms with Crippen molar-refractivity contribution in [2.75, 3.05) is 25.1 Å². The van der Waals surface area contributed by atoms with Crippen LogP contribution in [-0.2, 0) is 0 Å². The third-order valence-electron chi connectivity index (χ3n) is 1.30. The van der Waals surface area contributed by atoms with Gasteiger partial charge in [0.2, 0.25) is 0 Å². The summed E-state index contributed by atoms with van der Waals surface area (Å²) >= 11 is 1.78. The number of rotatable bonds is 6. The predicted molar refractivity (Wildman–Crippen MR) is 47.6 cm³/mol. The van der Waals surface area contributed by atoms with Gasteiger partial charge in [0.15, 0.2) is 0 Å². The molecule has 0 rings (SSSR count). The standard InChI is InChI=1S/C6H14BNOS/c1-10-3-2-6(4-9)8-5-7/h6,8-9H,2-5H2,1H3/t6-/m0/s1. The molecule has 0 aromatic rings.